The monoisotopic (exact) mass is 217 g/mol. The summed E-state index contributed by atoms with van der Waals surface area (Å²) in [5.41, 5.74) is 9.05. The zero-order valence-corrected chi connectivity index (χ0v) is 9.29. The minimum absolute atomic E-state index is 0.279. The van der Waals surface area contributed by atoms with Gasteiger partial charge in [-0.3, -0.25) is 0 Å². The van der Waals surface area contributed by atoms with Crippen molar-refractivity contribution in [3.8, 4) is 11.3 Å². The van der Waals surface area contributed by atoms with E-state index in [0.29, 0.717) is 6.54 Å². The summed E-state index contributed by atoms with van der Waals surface area (Å²) in [7, 11) is 0. The molecule has 1 aliphatic carbocycles. The van der Waals surface area contributed by atoms with Gasteiger partial charge < -0.3 is 15.1 Å². The molecule has 2 heterocycles. The number of aromatic amines is 1. The van der Waals surface area contributed by atoms with Crippen LogP contribution in [0.2, 0.25) is 0 Å². The Labute approximate surface area is 93.9 Å². The van der Waals surface area contributed by atoms with Crippen molar-refractivity contribution in [3.63, 3.8) is 0 Å². The van der Waals surface area contributed by atoms with Gasteiger partial charge in [0.2, 0.25) is 0 Å². The lowest BCUT2D eigenvalue weighted by Crippen LogP contribution is -2.10. The third-order valence-electron chi connectivity index (χ3n) is 3.22. The van der Waals surface area contributed by atoms with Crippen LogP contribution in [-0.4, -0.2) is 16.5 Å². The molecule has 0 saturated heterocycles. The molecule has 0 saturated carbocycles. The number of aromatic nitrogens is 2. The van der Waals surface area contributed by atoms with E-state index in [0.717, 1.165) is 35.7 Å². The van der Waals surface area contributed by atoms with Crippen molar-refractivity contribution in [3.05, 3.63) is 29.6 Å². The van der Waals surface area contributed by atoms with E-state index < -0.39 is 0 Å². The number of nitrogens with zero attached hydrogens (tertiary/aromatic N) is 1. The normalized spacial score (nSPS) is 15.6. The highest BCUT2D eigenvalue weighted by Gasteiger charge is 2.23. The second-order valence-corrected chi connectivity index (χ2v) is 4.34. The molecule has 3 rings (SSSR count). The molecule has 2 aromatic heterocycles. The fourth-order valence-corrected chi connectivity index (χ4v) is 2.16. The van der Waals surface area contributed by atoms with Crippen molar-refractivity contribution in [1.82, 2.24) is 9.97 Å². The summed E-state index contributed by atoms with van der Waals surface area (Å²) in [5, 5.41) is 0. The molecule has 0 fully saturated rings. The van der Waals surface area contributed by atoms with Crippen molar-refractivity contribution in [2.24, 2.45) is 5.73 Å². The van der Waals surface area contributed by atoms with Gasteiger partial charge in [0.15, 0.2) is 0 Å². The van der Waals surface area contributed by atoms with Gasteiger partial charge in [0.05, 0.1) is 12.0 Å². The number of furan rings is 1. The van der Waals surface area contributed by atoms with Crippen LogP contribution >= 0.6 is 0 Å². The molecule has 2 aromatic rings. The van der Waals surface area contributed by atoms with Crippen molar-refractivity contribution >= 4 is 0 Å². The third-order valence-corrected chi connectivity index (χ3v) is 3.22. The van der Waals surface area contributed by atoms with E-state index in [-0.39, 0.29) is 5.92 Å². The first-order valence-electron chi connectivity index (χ1n) is 5.65. The number of nitrogens with one attached hydrogen (secondary N) is 1. The highest BCUT2D eigenvalue weighted by Crippen LogP contribution is 2.33. The second kappa shape index (κ2) is 3.49. The molecule has 16 heavy (non-hydrogen) atoms. The fraction of sp³-hybridized carbons (Fsp3) is 0.417. The van der Waals surface area contributed by atoms with Gasteiger partial charge in [0, 0.05) is 30.1 Å². The minimum atomic E-state index is 0.279. The highest BCUT2D eigenvalue weighted by atomic mass is 16.3. The number of aryl methyl sites for hydroxylation is 2. The van der Waals surface area contributed by atoms with E-state index in [9.17, 15) is 0 Å². The molecule has 0 amide bonds. The van der Waals surface area contributed by atoms with Crippen LogP contribution in [0, 0.1) is 0 Å². The number of imidazole rings is 1. The molecule has 1 atom stereocenters. The Morgan fingerprint density at radius 2 is 2.44 bits per heavy atom. The molecule has 84 valence electrons. The topological polar surface area (TPSA) is 67.8 Å². The average Bonchev–Trinajstić information content (AvgIpc) is 2.92. The van der Waals surface area contributed by atoms with E-state index in [4.69, 9.17) is 10.2 Å². The number of fused-ring (bicyclic) bond motifs is 3. The SMILES string of the molecule is CC(CN)c1nc2c([nH]1)CCc1occc1-2. The molecule has 0 spiro atoms. The van der Waals surface area contributed by atoms with E-state index in [1.165, 1.54) is 5.69 Å². The number of nitrogens with two attached hydrogens (primary N) is 1. The predicted octanol–water partition coefficient (Wildman–Crippen LogP) is 1.83. The molecule has 0 radical (unpaired) electrons. The van der Waals surface area contributed by atoms with Crippen LogP contribution < -0.4 is 5.73 Å². The van der Waals surface area contributed by atoms with Gasteiger partial charge in [-0.15, -0.1) is 0 Å². The van der Waals surface area contributed by atoms with Gasteiger partial charge in [-0.2, -0.15) is 0 Å². The lowest BCUT2D eigenvalue weighted by atomic mass is 10.00. The molecule has 0 bridgehead atoms. The largest absolute Gasteiger partial charge is 0.469 e. The smallest absolute Gasteiger partial charge is 0.113 e. The Kier molecular flexibility index (Phi) is 2.11. The van der Waals surface area contributed by atoms with Gasteiger partial charge >= 0.3 is 0 Å². The van der Waals surface area contributed by atoms with Crippen molar-refractivity contribution in [1.29, 1.82) is 0 Å². The number of rotatable bonds is 2. The molecule has 0 aromatic carbocycles. The maximum absolute atomic E-state index is 5.66. The van der Waals surface area contributed by atoms with Crippen LogP contribution in [-0.2, 0) is 12.8 Å². The fourth-order valence-electron chi connectivity index (χ4n) is 2.16. The summed E-state index contributed by atoms with van der Waals surface area (Å²) in [6.07, 6.45) is 3.66. The summed E-state index contributed by atoms with van der Waals surface area (Å²) in [6.45, 7) is 2.70. The maximum Gasteiger partial charge on any atom is 0.113 e. The number of H-pyrrole nitrogens is 1. The highest BCUT2D eigenvalue weighted by molar-refractivity contribution is 5.66. The molecule has 4 heteroatoms. The molecular weight excluding hydrogens is 202 g/mol. The number of hydrogen-bond acceptors (Lipinski definition) is 3. The lowest BCUT2D eigenvalue weighted by Gasteiger charge is -2.08. The first-order chi connectivity index (χ1) is 7.79. The zero-order valence-electron chi connectivity index (χ0n) is 9.29. The Balaban J connectivity index is 2.08. The number of hydrogen-bond donors (Lipinski definition) is 2. The molecule has 0 aliphatic heterocycles. The van der Waals surface area contributed by atoms with Crippen LogP contribution in [0.5, 0.6) is 0 Å². The van der Waals surface area contributed by atoms with Gasteiger partial charge in [0.1, 0.15) is 11.6 Å². The van der Waals surface area contributed by atoms with E-state index >= 15 is 0 Å². The van der Waals surface area contributed by atoms with Crippen LogP contribution in [0.25, 0.3) is 11.3 Å². The van der Waals surface area contributed by atoms with Crippen molar-refractivity contribution < 1.29 is 4.42 Å². The van der Waals surface area contributed by atoms with E-state index in [1.807, 2.05) is 6.07 Å². The van der Waals surface area contributed by atoms with Gasteiger partial charge in [-0.1, -0.05) is 6.92 Å². The Hall–Kier alpha value is -1.55. The molecule has 3 N–H and O–H groups in total. The Bertz CT molecular complexity index is 512. The summed E-state index contributed by atoms with van der Waals surface area (Å²) < 4.78 is 5.43. The first-order valence-corrected chi connectivity index (χ1v) is 5.65. The van der Waals surface area contributed by atoms with E-state index in [1.54, 1.807) is 6.26 Å². The summed E-state index contributed by atoms with van der Waals surface area (Å²) in [4.78, 5) is 8.02. The maximum atomic E-state index is 5.66. The average molecular weight is 217 g/mol. The predicted molar refractivity (Wildman–Crippen MR) is 61.2 cm³/mol. The Morgan fingerprint density at radius 1 is 1.56 bits per heavy atom. The second-order valence-electron chi connectivity index (χ2n) is 4.34. The van der Waals surface area contributed by atoms with Gasteiger partial charge in [-0.05, 0) is 12.5 Å². The molecule has 4 nitrogen and oxygen atoms in total. The third kappa shape index (κ3) is 1.30. The summed E-state index contributed by atoms with van der Waals surface area (Å²) in [6, 6.07) is 1.99. The van der Waals surface area contributed by atoms with Gasteiger partial charge in [0.25, 0.3) is 0 Å². The molecular formula is C12H15N3O. The van der Waals surface area contributed by atoms with Gasteiger partial charge in [-0.25, -0.2) is 4.98 Å². The zero-order chi connectivity index (χ0) is 11.1. The minimum Gasteiger partial charge on any atom is -0.469 e. The molecule has 1 aliphatic rings. The standard InChI is InChI=1S/C12H15N3O/c1-7(6-13)12-14-9-2-3-10-8(4-5-16-10)11(9)15-12/h4-5,7H,2-3,6,13H2,1H3,(H,14,15). The summed E-state index contributed by atoms with van der Waals surface area (Å²) >= 11 is 0. The van der Waals surface area contributed by atoms with Crippen LogP contribution in [0.15, 0.2) is 16.7 Å². The van der Waals surface area contributed by atoms with E-state index in [2.05, 4.69) is 16.9 Å². The molecule has 1 unspecified atom stereocenters. The van der Waals surface area contributed by atoms with Crippen molar-refractivity contribution in [2.45, 2.75) is 25.7 Å². The first kappa shape index (κ1) is 9.66. The summed E-state index contributed by atoms with van der Waals surface area (Å²) in [5.74, 6) is 2.31. The van der Waals surface area contributed by atoms with Crippen LogP contribution in [0.4, 0.5) is 0 Å². The Morgan fingerprint density at radius 3 is 3.25 bits per heavy atom. The van der Waals surface area contributed by atoms with Crippen molar-refractivity contribution in [2.75, 3.05) is 6.54 Å². The quantitative estimate of drug-likeness (QED) is 0.806. The lowest BCUT2D eigenvalue weighted by molar-refractivity contribution is 0.506. The van der Waals surface area contributed by atoms with Crippen LogP contribution in [0.1, 0.15) is 30.1 Å². The van der Waals surface area contributed by atoms with Crippen LogP contribution in [0.3, 0.4) is 0 Å².